The first-order valence-corrected chi connectivity index (χ1v) is 7.26. The number of fused-ring (bicyclic) bond motifs is 1. The summed E-state index contributed by atoms with van der Waals surface area (Å²) in [4.78, 5) is 15.6. The fraction of sp³-hybridized carbons (Fsp3) is 0.312. The molecule has 24 heavy (non-hydrogen) atoms. The lowest BCUT2D eigenvalue weighted by Crippen LogP contribution is -2.39. The fourth-order valence-electron chi connectivity index (χ4n) is 2.78. The average molecular weight is 328 g/mol. The molecule has 1 aromatic rings. The van der Waals surface area contributed by atoms with Gasteiger partial charge in [0.15, 0.2) is 17.7 Å². The number of aliphatic carboxylic acids is 1. The zero-order chi connectivity index (χ0) is 17.3. The molecule has 2 atom stereocenters. The molecular formula is C16H16N4O4. The monoisotopic (exact) mass is 328 g/mol. The van der Waals surface area contributed by atoms with Crippen LogP contribution in [0.5, 0.6) is 11.5 Å². The molecule has 8 heteroatoms. The van der Waals surface area contributed by atoms with E-state index < -0.39 is 18.1 Å². The molecule has 0 saturated carbocycles. The molecule has 124 valence electrons. The van der Waals surface area contributed by atoms with Crippen LogP contribution in [0.2, 0.25) is 0 Å². The highest BCUT2D eigenvalue weighted by atomic mass is 16.5. The van der Waals surface area contributed by atoms with Gasteiger partial charge < -0.3 is 14.6 Å². The number of methoxy groups -OCH3 is 2. The molecule has 0 aliphatic carbocycles. The molecule has 1 fully saturated rings. The van der Waals surface area contributed by atoms with Crippen molar-refractivity contribution in [2.24, 2.45) is 10.9 Å². The van der Waals surface area contributed by atoms with Crippen LogP contribution in [0.3, 0.4) is 0 Å². The van der Waals surface area contributed by atoms with Crippen molar-refractivity contribution in [3.63, 3.8) is 0 Å². The van der Waals surface area contributed by atoms with E-state index in [1.54, 1.807) is 30.3 Å². The molecule has 2 N–H and O–H groups in total. The van der Waals surface area contributed by atoms with Gasteiger partial charge in [0.05, 0.1) is 26.0 Å². The second-order valence-corrected chi connectivity index (χ2v) is 5.30. The molecule has 0 radical (unpaired) electrons. The molecular weight excluding hydrogens is 312 g/mol. The van der Waals surface area contributed by atoms with E-state index in [9.17, 15) is 15.2 Å². The molecule has 2 aliphatic heterocycles. The second-order valence-electron chi connectivity index (χ2n) is 5.30. The minimum atomic E-state index is -1.13. The Bertz CT molecular complexity index is 781. The average Bonchev–Trinajstić information content (AvgIpc) is 3.03. The largest absolute Gasteiger partial charge is 0.493 e. The first-order chi connectivity index (χ1) is 11.6. The molecule has 0 bridgehead atoms. The Balaban J connectivity index is 2.07. The maximum Gasteiger partial charge on any atom is 0.354 e. The summed E-state index contributed by atoms with van der Waals surface area (Å²) in [7, 11) is 3.08. The molecule has 3 rings (SSSR count). The molecule has 0 aromatic heterocycles. The van der Waals surface area contributed by atoms with Gasteiger partial charge in [-0.25, -0.2) is 15.2 Å². The van der Waals surface area contributed by atoms with Crippen molar-refractivity contribution in [1.82, 2.24) is 10.4 Å². The van der Waals surface area contributed by atoms with Crippen molar-refractivity contribution in [3.05, 3.63) is 29.8 Å². The number of hydrogen-bond donors (Lipinski definition) is 2. The molecule has 8 nitrogen and oxygen atoms in total. The third-order valence-corrected chi connectivity index (χ3v) is 3.97. The summed E-state index contributed by atoms with van der Waals surface area (Å²) in [6.07, 6.45) is 0.904. The van der Waals surface area contributed by atoms with Gasteiger partial charge in [0.25, 0.3) is 0 Å². The zero-order valence-electron chi connectivity index (χ0n) is 13.2. The summed E-state index contributed by atoms with van der Waals surface area (Å²) < 4.78 is 10.5. The van der Waals surface area contributed by atoms with E-state index in [1.165, 1.54) is 13.2 Å². The number of hydrazine groups is 1. The summed E-state index contributed by atoms with van der Waals surface area (Å²) in [5.74, 6) is -0.451. The Labute approximate surface area is 138 Å². The molecule has 2 heterocycles. The lowest BCUT2D eigenvalue weighted by atomic mass is 10.0. The number of carboxylic acid groups (broad SMARTS) is 1. The van der Waals surface area contributed by atoms with Crippen molar-refractivity contribution < 1.29 is 19.4 Å². The number of rotatable bonds is 4. The zero-order valence-corrected chi connectivity index (χ0v) is 13.2. The lowest BCUT2D eigenvalue weighted by Gasteiger charge is -2.30. The fourth-order valence-corrected chi connectivity index (χ4v) is 2.78. The van der Waals surface area contributed by atoms with E-state index in [-0.39, 0.29) is 5.71 Å². The minimum Gasteiger partial charge on any atom is -0.493 e. The van der Waals surface area contributed by atoms with Gasteiger partial charge in [-0.15, -0.1) is 0 Å². The number of benzene rings is 1. The predicted molar refractivity (Wildman–Crippen MR) is 85.3 cm³/mol. The summed E-state index contributed by atoms with van der Waals surface area (Å²) >= 11 is 0. The quantitative estimate of drug-likeness (QED) is 0.844. The van der Waals surface area contributed by atoms with E-state index in [1.807, 2.05) is 0 Å². The lowest BCUT2D eigenvalue weighted by molar-refractivity contribution is -0.129. The Morgan fingerprint density at radius 1 is 1.42 bits per heavy atom. The molecule has 2 unspecified atom stereocenters. The van der Waals surface area contributed by atoms with Gasteiger partial charge in [-0.05, 0) is 24.3 Å². The van der Waals surface area contributed by atoms with Crippen LogP contribution in [0, 0.1) is 17.2 Å². The first kappa shape index (κ1) is 15.8. The number of carboxylic acids is 1. The van der Waals surface area contributed by atoms with Crippen molar-refractivity contribution in [3.8, 4) is 17.6 Å². The number of nitrogens with zero attached hydrogens (tertiary/aromatic N) is 3. The van der Waals surface area contributed by atoms with E-state index in [4.69, 9.17) is 9.47 Å². The SMILES string of the molecule is COc1ccc(C2=CC(C(=O)O)=NC3C(C#N)CNN23)cc1OC. The van der Waals surface area contributed by atoms with E-state index in [0.29, 0.717) is 23.7 Å². The van der Waals surface area contributed by atoms with Crippen LogP contribution in [-0.4, -0.2) is 48.7 Å². The van der Waals surface area contributed by atoms with Crippen LogP contribution in [0.25, 0.3) is 5.70 Å². The van der Waals surface area contributed by atoms with Gasteiger partial charge in [-0.3, -0.25) is 5.01 Å². The van der Waals surface area contributed by atoms with E-state index in [2.05, 4.69) is 16.5 Å². The van der Waals surface area contributed by atoms with Crippen molar-refractivity contribution in [2.45, 2.75) is 6.17 Å². The van der Waals surface area contributed by atoms with Crippen molar-refractivity contribution in [2.75, 3.05) is 20.8 Å². The van der Waals surface area contributed by atoms with Gasteiger partial charge in [0.1, 0.15) is 11.6 Å². The number of nitriles is 1. The van der Waals surface area contributed by atoms with Gasteiger partial charge in [-0.1, -0.05) is 0 Å². The smallest absolute Gasteiger partial charge is 0.354 e. The maximum absolute atomic E-state index is 11.4. The minimum absolute atomic E-state index is 0.0787. The number of nitrogens with one attached hydrogen (secondary N) is 1. The third kappa shape index (κ3) is 2.55. The summed E-state index contributed by atoms with van der Waals surface area (Å²) in [5, 5.41) is 20.3. The maximum atomic E-state index is 11.4. The first-order valence-electron chi connectivity index (χ1n) is 7.26. The normalized spacial score (nSPS) is 22.1. The van der Waals surface area contributed by atoms with Gasteiger partial charge >= 0.3 is 5.97 Å². The van der Waals surface area contributed by atoms with Crippen molar-refractivity contribution >= 4 is 17.4 Å². The van der Waals surface area contributed by atoms with Gasteiger partial charge in [0, 0.05) is 12.1 Å². The molecule has 0 amide bonds. The Morgan fingerprint density at radius 2 is 2.17 bits per heavy atom. The van der Waals surface area contributed by atoms with Crippen LogP contribution in [-0.2, 0) is 4.79 Å². The number of carbonyl (C=O) groups is 1. The van der Waals surface area contributed by atoms with Gasteiger partial charge in [0.2, 0.25) is 0 Å². The number of hydrogen-bond acceptors (Lipinski definition) is 7. The topological polar surface area (TPSA) is 107 Å². The van der Waals surface area contributed by atoms with Crippen LogP contribution >= 0.6 is 0 Å². The van der Waals surface area contributed by atoms with Crippen LogP contribution in [0.1, 0.15) is 5.56 Å². The van der Waals surface area contributed by atoms with Crippen LogP contribution in [0.15, 0.2) is 29.3 Å². The summed E-state index contributed by atoms with van der Waals surface area (Å²) in [5.41, 5.74) is 4.38. The van der Waals surface area contributed by atoms with E-state index in [0.717, 1.165) is 5.56 Å². The molecule has 1 aromatic carbocycles. The highest BCUT2D eigenvalue weighted by Gasteiger charge is 2.39. The highest BCUT2D eigenvalue weighted by Crippen LogP contribution is 2.35. The molecule has 2 aliphatic rings. The Hall–Kier alpha value is -3.05. The summed E-state index contributed by atoms with van der Waals surface area (Å²) in [6, 6.07) is 7.46. The van der Waals surface area contributed by atoms with Crippen molar-refractivity contribution in [1.29, 1.82) is 5.26 Å². The summed E-state index contributed by atoms with van der Waals surface area (Å²) in [6.45, 7) is 0.405. The number of aliphatic imine (C=N–C) groups is 1. The predicted octanol–water partition coefficient (Wildman–Crippen LogP) is 0.870. The van der Waals surface area contributed by atoms with Gasteiger partial charge in [-0.2, -0.15) is 5.26 Å². The number of ether oxygens (including phenoxy) is 2. The third-order valence-electron chi connectivity index (χ3n) is 3.97. The second kappa shape index (κ2) is 6.22. The Kier molecular flexibility index (Phi) is 4.10. The molecule has 1 saturated heterocycles. The highest BCUT2D eigenvalue weighted by molar-refractivity contribution is 6.41. The van der Waals surface area contributed by atoms with Crippen LogP contribution < -0.4 is 14.9 Å². The standard InChI is InChI=1S/C16H16N4O4/c1-23-13-4-3-9(5-14(13)24-2)12-6-11(16(21)22)19-15-10(7-17)8-18-20(12)15/h3-6,10,15,18H,8H2,1-2H3,(H,21,22). The van der Waals surface area contributed by atoms with E-state index >= 15 is 0 Å². The molecule has 0 spiro atoms. The Morgan fingerprint density at radius 3 is 2.79 bits per heavy atom. The van der Waals surface area contributed by atoms with Crippen LogP contribution in [0.4, 0.5) is 0 Å².